The van der Waals surface area contributed by atoms with E-state index in [-0.39, 0.29) is 16.7 Å². The molecule has 0 saturated heterocycles. The minimum absolute atomic E-state index is 0.0259. The third-order valence-electron chi connectivity index (χ3n) is 3.33. The molecular weight excluding hydrogens is 294 g/mol. The Morgan fingerprint density at radius 3 is 2.35 bits per heavy atom. The fraction of sp³-hybridized carbons (Fsp3) is 0.222. The van der Waals surface area contributed by atoms with Crippen LogP contribution in [0.15, 0.2) is 42.5 Å². The maximum atomic E-state index is 11.9. The molecule has 0 spiro atoms. The molecule has 2 aromatic rings. The molecule has 0 unspecified atom stereocenters. The van der Waals surface area contributed by atoms with E-state index in [0.717, 1.165) is 5.56 Å². The van der Waals surface area contributed by atoms with E-state index in [4.69, 9.17) is 4.74 Å². The summed E-state index contributed by atoms with van der Waals surface area (Å²) in [6.45, 7) is 6.31. The lowest BCUT2D eigenvalue weighted by molar-refractivity contribution is 0.112. The highest BCUT2D eigenvalue weighted by Crippen LogP contribution is 2.24. The molecule has 5 heteroatoms. The van der Waals surface area contributed by atoms with E-state index in [0.29, 0.717) is 17.7 Å². The highest BCUT2D eigenvalue weighted by molar-refractivity contribution is 5.89. The molecule has 0 aliphatic rings. The van der Waals surface area contributed by atoms with Crippen LogP contribution in [-0.4, -0.2) is 17.5 Å². The molecular formula is C18H19NO4. The molecule has 0 fully saturated rings. The summed E-state index contributed by atoms with van der Waals surface area (Å²) < 4.78 is 5.19. The molecule has 2 aromatic carbocycles. The first-order chi connectivity index (χ1) is 10.8. The molecule has 1 amide bonds. The lowest BCUT2D eigenvalue weighted by Gasteiger charge is -2.19. The smallest absolute Gasteiger partial charge is 0.417 e. The van der Waals surface area contributed by atoms with E-state index in [1.807, 2.05) is 12.1 Å². The summed E-state index contributed by atoms with van der Waals surface area (Å²) in [5.41, 5.74) is 1.62. The Morgan fingerprint density at radius 1 is 1.13 bits per heavy atom. The summed E-state index contributed by atoms with van der Waals surface area (Å²) in [6, 6.07) is 11.5. The van der Waals surface area contributed by atoms with Crippen molar-refractivity contribution in [2.75, 3.05) is 5.32 Å². The number of hydrogen-bond donors (Lipinski definition) is 2. The summed E-state index contributed by atoms with van der Waals surface area (Å²) in [7, 11) is 0. The van der Waals surface area contributed by atoms with Gasteiger partial charge in [-0.25, -0.2) is 4.79 Å². The van der Waals surface area contributed by atoms with Crippen LogP contribution in [0.4, 0.5) is 10.5 Å². The Balaban J connectivity index is 2.03. The number of carbonyl (C=O) groups excluding carboxylic acids is 2. The zero-order valence-electron chi connectivity index (χ0n) is 13.3. The summed E-state index contributed by atoms with van der Waals surface area (Å²) >= 11 is 0. The maximum absolute atomic E-state index is 11.9. The second-order valence-electron chi connectivity index (χ2n) is 6.18. The quantitative estimate of drug-likeness (QED) is 0.660. The van der Waals surface area contributed by atoms with E-state index in [1.54, 1.807) is 12.1 Å². The number of phenolic OH excluding ortho intramolecular Hbond substituents is 1. The molecule has 5 nitrogen and oxygen atoms in total. The first-order valence-electron chi connectivity index (χ1n) is 7.17. The van der Waals surface area contributed by atoms with Gasteiger partial charge in [-0.15, -0.1) is 0 Å². The van der Waals surface area contributed by atoms with Crippen LogP contribution in [-0.2, 0) is 5.41 Å². The molecule has 0 aliphatic carbocycles. The lowest BCUT2D eigenvalue weighted by Crippen LogP contribution is -2.17. The summed E-state index contributed by atoms with van der Waals surface area (Å²) in [5.74, 6) is 0.279. The number of aldehydes is 1. The van der Waals surface area contributed by atoms with E-state index in [2.05, 4.69) is 26.1 Å². The Morgan fingerprint density at radius 2 is 1.78 bits per heavy atom. The van der Waals surface area contributed by atoms with Gasteiger partial charge in [0.2, 0.25) is 0 Å². The van der Waals surface area contributed by atoms with Crippen LogP contribution in [0.25, 0.3) is 0 Å². The normalized spacial score (nSPS) is 10.9. The molecule has 23 heavy (non-hydrogen) atoms. The third kappa shape index (κ3) is 4.32. The van der Waals surface area contributed by atoms with Crippen molar-refractivity contribution in [3.63, 3.8) is 0 Å². The molecule has 2 N–H and O–H groups in total. The van der Waals surface area contributed by atoms with Crippen LogP contribution < -0.4 is 10.1 Å². The number of anilines is 1. The Kier molecular flexibility index (Phi) is 4.69. The Labute approximate surface area is 134 Å². The molecule has 0 radical (unpaired) electrons. The molecule has 0 aromatic heterocycles. The molecule has 0 saturated carbocycles. The average molecular weight is 313 g/mol. The molecule has 0 heterocycles. The van der Waals surface area contributed by atoms with Crippen molar-refractivity contribution in [3.05, 3.63) is 53.6 Å². The predicted molar refractivity (Wildman–Crippen MR) is 88.3 cm³/mol. The summed E-state index contributed by atoms with van der Waals surface area (Å²) in [4.78, 5) is 22.6. The summed E-state index contributed by atoms with van der Waals surface area (Å²) in [6.07, 6.45) is -0.159. The minimum atomic E-state index is -0.670. The summed E-state index contributed by atoms with van der Waals surface area (Å²) in [5, 5.41) is 11.9. The van der Waals surface area contributed by atoms with Gasteiger partial charge in [0.1, 0.15) is 11.5 Å². The number of ether oxygens (including phenoxy) is 1. The fourth-order valence-corrected chi connectivity index (χ4v) is 2.00. The van der Waals surface area contributed by atoms with Crippen LogP contribution in [0, 0.1) is 0 Å². The zero-order chi connectivity index (χ0) is 17.0. The van der Waals surface area contributed by atoms with E-state index in [1.165, 1.54) is 18.2 Å². The van der Waals surface area contributed by atoms with E-state index < -0.39 is 6.09 Å². The fourth-order valence-electron chi connectivity index (χ4n) is 2.00. The first-order valence-corrected chi connectivity index (χ1v) is 7.17. The number of aromatic hydroxyl groups is 1. The van der Waals surface area contributed by atoms with Gasteiger partial charge in [0.15, 0.2) is 6.29 Å². The van der Waals surface area contributed by atoms with Crippen molar-refractivity contribution < 1.29 is 19.4 Å². The standard InChI is InChI=1S/C18H19NO4/c1-18(2,3)13-4-7-15(8-5-13)23-17(22)19-14-6-9-16(21)12(10-14)11-20/h4-11,21H,1-3H3,(H,19,22). The number of rotatable bonds is 3. The van der Waals surface area contributed by atoms with E-state index in [9.17, 15) is 14.7 Å². The number of phenols is 1. The van der Waals surface area contributed by atoms with Crippen molar-refractivity contribution >= 4 is 18.1 Å². The van der Waals surface area contributed by atoms with Gasteiger partial charge in [-0.2, -0.15) is 0 Å². The van der Waals surface area contributed by atoms with Crippen molar-refractivity contribution in [2.24, 2.45) is 0 Å². The highest BCUT2D eigenvalue weighted by atomic mass is 16.6. The minimum Gasteiger partial charge on any atom is -0.507 e. The largest absolute Gasteiger partial charge is 0.507 e. The molecule has 0 aliphatic heterocycles. The third-order valence-corrected chi connectivity index (χ3v) is 3.33. The first kappa shape index (κ1) is 16.5. The van der Waals surface area contributed by atoms with Gasteiger partial charge >= 0.3 is 6.09 Å². The van der Waals surface area contributed by atoms with Crippen molar-refractivity contribution in [1.82, 2.24) is 0 Å². The van der Waals surface area contributed by atoms with E-state index >= 15 is 0 Å². The molecule has 0 bridgehead atoms. The Hall–Kier alpha value is -2.82. The number of hydrogen-bond acceptors (Lipinski definition) is 4. The van der Waals surface area contributed by atoms with Crippen molar-refractivity contribution in [1.29, 1.82) is 0 Å². The van der Waals surface area contributed by atoms with Crippen LogP contribution in [0.1, 0.15) is 36.7 Å². The second-order valence-corrected chi connectivity index (χ2v) is 6.18. The monoisotopic (exact) mass is 313 g/mol. The molecule has 2 rings (SSSR count). The number of amides is 1. The molecule has 0 atom stereocenters. The second kappa shape index (κ2) is 6.52. The number of carbonyl (C=O) groups is 2. The lowest BCUT2D eigenvalue weighted by atomic mass is 9.87. The van der Waals surface area contributed by atoms with Crippen LogP contribution in [0.5, 0.6) is 11.5 Å². The number of nitrogens with one attached hydrogen (secondary N) is 1. The van der Waals surface area contributed by atoms with Gasteiger partial charge < -0.3 is 9.84 Å². The average Bonchev–Trinajstić information content (AvgIpc) is 2.48. The number of benzene rings is 2. The van der Waals surface area contributed by atoms with Crippen molar-refractivity contribution in [3.8, 4) is 11.5 Å². The van der Waals surface area contributed by atoms with Gasteiger partial charge in [0.25, 0.3) is 0 Å². The van der Waals surface area contributed by atoms with Crippen LogP contribution >= 0.6 is 0 Å². The van der Waals surface area contributed by atoms with Gasteiger partial charge in [-0.3, -0.25) is 10.1 Å². The van der Waals surface area contributed by atoms with Crippen LogP contribution in [0.3, 0.4) is 0 Å². The van der Waals surface area contributed by atoms with Crippen LogP contribution in [0.2, 0.25) is 0 Å². The van der Waals surface area contributed by atoms with Gasteiger partial charge in [0, 0.05) is 5.69 Å². The SMILES string of the molecule is CC(C)(C)c1ccc(OC(=O)Nc2ccc(O)c(C=O)c2)cc1. The van der Waals surface area contributed by atoms with Gasteiger partial charge in [-0.05, 0) is 41.3 Å². The Bertz CT molecular complexity index is 715. The van der Waals surface area contributed by atoms with Gasteiger partial charge in [-0.1, -0.05) is 32.9 Å². The maximum Gasteiger partial charge on any atom is 0.417 e. The van der Waals surface area contributed by atoms with Crippen molar-refractivity contribution in [2.45, 2.75) is 26.2 Å². The predicted octanol–water partition coefficient (Wildman–Crippen LogP) is 4.11. The highest BCUT2D eigenvalue weighted by Gasteiger charge is 2.14. The van der Waals surface area contributed by atoms with Gasteiger partial charge in [0.05, 0.1) is 5.56 Å². The topological polar surface area (TPSA) is 75.6 Å². The molecule has 120 valence electrons. The zero-order valence-corrected chi connectivity index (χ0v) is 13.3.